The van der Waals surface area contributed by atoms with Crippen LogP contribution in [-0.4, -0.2) is 29.3 Å². The summed E-state index contributed by atoms with van der Waals surface area (Å²) in [5, 5.41) is 10.9. The molecule has 2 rings (SSSR count). The first-order valence-corrected chi connectivity index (χ1v) is 4.37. The molecule has 2 N–H and O–H groups in total. The molecule has 0 aromatic rings. The zero-order valence-corrected chi connectivity index (χ0v) is 7.03. The lowest BCUT2D eigenvalue weighted by molar-refractivity contribution is -0.143. The van der Waals surface area contributed by atoms with Gasteiger partial charge in [-0.05, 0) is 19.3 Å². The molecule has 5 nitrogen and oxygen atoms in total. The summed E-state index contributed by atoms with van der Waals surface area (Å²) in [6.07, 6.45) is 1.11. The van der Waals surface area contributed by atoms with Crippen molar-refractivity contribution in [2.75, 3.05) is 0 Å². The number of hydrogen-bond acceptors (Lipinski definition) is 3. The van der Waals surface area contributed by atoms with Gasteiger partial charge in [-0.3, -0.25) is 4.79 Å². The van der Waals surface area contributed by atoms with Crippen molar-refractivity contribution < 1.29 is 19.4 Å². The SMILES string of the molecule is O=C(O)NC1CC[C@@H]2CC1C(=O)O2. The Morgan fingerprint density at radius 3 is 3.00 bits per heavy atom. The summed E-state index contributed by atoms with van der Waals surface area (Å²) in [4.78, 5) is 21.6. The molecule has 1 aliphatic carbocycles. The molecule has 3 atom stereocenters. The summed E-state index contributed by atoms with van der Waals surface area (Å²) in [5.41, 5.74) is 0. The average Bonchev–Trinajstić information content (AvgIpc) is 2.34. The summed E-state index contributed by atoms with van der Waals surface area (Å²) in [7, 11) is 0. The van der Waals surface area contributed by atoms with Gasteiger partial charge in [0.15, 0.2) is 0 Å². The number of carbonyl (C=O) groups excluding carboxylic acids is 1. The van der Waals surface area contributed by atoms with Crippen LogP contribution in [0, 0.1) is 5.92 Å². The van der Waals surface area contributed by atoms with E-state index in [4.69, 9.17) is 9.84 Å². The second-order valence-corrected chi connectivity index (χ2v) is 3.53. The van der Waals surface area contributed by atoms with E-state index in [-0.39, 0.29) is 24.0 Å². The van der Waals surface area contributed by atoms with Crippen LogP contribution in [0.3, 0.4) is 0 Å². The number of hydrogen-bond donors (Lipinski definition) is 2. The number of fused-ring (bicyclic) bond motifs is 2. The molecule has 1 heterocycles. The zero-order valence-electron chi connectivity index (χ0n) is 7.03. The molecule has 1 amide bonds. The fraction of sp³-hybridized carbons (Fsp3) is 0.750. The highest BCUT2D eigenvalue weighted by atomic mass is 16.6. The first-order valence-electron chi connectivity index (χ1n) is 4.37. The molecule has 1 aliphatic heterocycles. The molecule has 2 fully saturated rings. The standard InChI is InChI=1S/C8H11NO4/c10-7-5-3-4(13-7)1-2-6(5)9-8(11)12/h4-6,9H,1-3H2,(H,11,12)/t4-,5?,6?/m1/s1. The van der Waals surface area contributed by atoms with Gasteiger partial charge >= 0.3 is 12.1 Å². The van der Waals surface area contributed by atoms with Gasteiger partial charge in [-0.25, -0.2) is 4.79 Å². The van der Waals surface area contributed by atoms with E-state index in [9.17, 15) is 9.59 Å². The third-order valence-corrected chi connectivity index (χ3v) is 2.70. The number of carboxylic acid groups (broad SMARTS) is 1. The highest BCUT2D eigenvalue weighted by Crippen LogP contribution is 2.34. The molecule has 0 aromatic heterocycles. The quantitative estimate of drug-likeness (QED) is 0.578. The van der Waals surface area contributed by atoms with E-state index in [0.717, 1.165) is 6.42 Å². The predicted molar refractivity (Wildman–Crippen MR) is 42.2 cm³/mol. The van der Waals surface area contributed by atoms with Gasteiger partial charge in [0.25, 0.3) is 0 Å². The molecule has 5 heteroatoms. The molecular weight excluding hydrogens is 174 g/mol. The predicted octanol–water partition coefficient (Wildman–Crippen LogP) is 0.348. The summed E-state index contributed by atoms with van der Waals surface area (Å²) in [5.74, 6) is -0.504. The molecule has 1 saturated carbocycles. The van der Waals surface area contributed by atoms with Crippen LogP contribution in [0.1, 0.15) is 19.3 Å². The van der Waals surface area contributed by atoms with Crippen LogP contribution in [0.4, 0.5) is 4.79 Å². The third kappa shape index (κ3) is 1.46. The molecule has 2 bridgehead atoms. The topological polar surface area (TPSA) is 75.6 Å². The Morgan fingerprint density at radius 2 is 2.31 bits per heavy atom. The van der Waals surface area contributed by atoms with Gasteiger partial charge in [0.05, 0.1) is 5.92 Å². The van der Waals surface area contributed by atoms with E-state index in [1.54, 1.807) is 0 Å². The van der Waals surface area contributed by atoms with E-state index in [1.807, 2.05) is 0 Å². The van der Waals surface area contributed by atoms with Gasteiger partial charge in [-0.15, -0.1) is 0 Å². The minimum Gasteiger partial charge on any atom is -0.465 e. The van der Waals surface area contributed by atoms with Crippen molar-refractivity contribution in [1.82, 2.24) is 5.32 Å². The first kappa shape index (κ1) is 8.34. The van der Waals surface area contributed by atoms with E-state index in [2.05, 4.69) is 5.32 Å². The van der Waals surface area contributed by atoms with Crippen LogP contribution in [0.25, 0.3) is 0 Å². The number of rotatable bonds is 1. The maximum absolute atomic E-state index is 11.2. The number of amides is 1. The highest BCUT2D eigenvalue weighted by molar-refractivity contribution is 5.77. The van der Waals surface area contributed by atoms with Crippen LogP contribution in [0.5, 0.6) is 0 Å². The van der Waals surface area contributed by atoms with Crippen molar-refractivity contribution in [3.8, 4) is 0 Å². The lowest BCUT2D eigenvalue weighted by Gasteiger charge is -2.24. The molecule has 0 spiro atoms. The van der Waals surface area contributed by atoms with Gasteiger partial charge in [-0.1, -0.05) is 0 Å². The Hall–Kier alpha value is -1.26. The molecular formula is C8H11NO4. The maximum Gasteiger partial charge on any atom is 0.404 e. The molecule has 0 aromatic carbocycles. The Balaban J connectivity index is 2.04. The maximum atomic E-state index is 11.2. The van der Waals surface area contributed by atoms with Gasteiger partial charge in [-0.2, -0.15) is 0 Å². The largest absolute Gasteiger partial charge is 0.465 e. The van der Waals surface area contributed by atoms with Crippen LogP contribution in [0.15, 0.2) is 0 Å². The number of ether oxygens (including phenoxy) is 1. The van der Waals surface area contributed by atoms with E-state index in [1.165, 1.54) is 0 Å². The third-order valence-electron chi connectivity index (χ3n) is 2.70. The van der Waals surface area contributed by atoms with E-state index >= 15 is 0 Å². The van der Waals surface area contributed by atoms with Crippen LogP contribution in [0.2, 0.25) is 0 Å². The van der Waals surface area contributed by atoms with Crippen molar-refractivity contribution in [3.63, 3.8) is 0 Å². The average molecular weight is 185 g/mol. The fourth-order valence-electron chi connectivity index (χ4n) is 2.08. The zero-order chi connectivity index (χ0) is 9.42. The van der Waals surface area contributed by atoms with Gasteiger partial charge < -0.3 is 15.2 Å². The molecule has 2 aliphatic rings. The lowest BCUT2D eigenvalue weighted by Crippen LogP contribution is -2.42. The smallest absolute Gasteiger partial charge is 0.404 e. The number of nitrogens with one attached hydrogen (secondary N) is 1. The van der Waals surface area contributed by atoms with Crippen molar-refractivity contribution in [3.05, 3.63) is 0 Å². The summed E-state index contributed by atoms with van der Waals surface area (Å²) in [6.45, 7) is 0. The normalized spacial score (nSPS) is 36.9. The van der Waals surface area contributed by atoms with Gasteiger partial charge in [0, 0.05) is 6.04 Å². The van der Waals surface area contributed by atoms with E-state index < -0.39 is 6.09 Å². The lowest BCUT2D eigenvalue weighted by atomic mass is 9.85. The Bertz CT molecular complexity index is 253. The monoisotopic (exact) mass is 185 g/mol. The minimum atomic E-state index is -1.07. The molecule has 1 saturated heterocycles. The van der Waals surface area contributed by atoms with Crippen LogP contribution in [-0.2, 0) is 9.53 Å². The highest BCUT2D eigenvalue weighted by Gasteiger charge is 2.44. The van der Waals surface area contributed by atoms with Crippen LogP contribution < -0.4 is 5.32 Å². The molecule has 0 radical (unpaired) electrons. The summed E-state index contributed by atoms with van der Waals surface area (Å²) >= 11 is 0. The van der Waals surface area contributed by atoms with Crippen molar-refractivity contribution in [1.29, 1.82) is 0 Å². The second-order valence-electron chi connectivity index (χ2n) is 3.53. The molecule has 2 unspecified atom stereocenters. The number of carbonyl (C=O) groups is 2. The van der Waals surface area contributed by atoms with Gasteiger partial charge in [0.1, 0.15) is 6.10 Å². The summed E-state index contributed by atoms with van der Waals surface area (Å²) in [6, 6.07) is -0.247. The van der Waals surface area contributed by atoms with Crippen molar-refractivity contribution in [2.45, 2.75) is 31.4 Å². The fourth-order valence-corrected chi connectivity index (χ4v) is 2.08. The Morgan fingerprint density at radius 1 is 1.54 bits per heavy atom. The van der Waals surface area contributed by atoms with Crippen molar-refractivity contribution in [2.24, 2.45) is 5.92 Å². The molecule has 13 heavy (non-hydrogen) atoms. The van der Waals surface area contributed by atoms with Crippen LogP contribution >= 0.6 is 0 Å². The van der Waals surface area contributed by atoms with Crippen molar-refractivity contribution >= 4 is 12.1 Å². The Kier molecular flexibility index (Phi) is 1.86. The van der Waals surface area contributed by atoms with Gasteiger partial charge in [0.2, 0.25) is 0 Å². The Labute approximate surface area is 75.1 Å². The minimum absolute atomic E-state index is 0.0318. The van der Waals surface area contributed by atoms with E-state index in [0.29, 0.717) is 12.8 Å². The summed E-state index contributed by atoms with van der Waals surface area (Å²) < 4.78 is 5.03. The number of esters is 1. The molecule has 72 valence electrons. The second kappa shape index (κ2) is 2.90. The first-order chi connectivity index (χ1) is 6.16.